The molecule has 32 heavy (non-hydrogen) atoms. The van der Waals surface area contributed by atoms with Gasteiger partial charge < -0.3 is 10.1 Å². The molecule has 0 aliphatic carbocycles. The van der Waals surface area contributed by atoms with Crippen LogP contribution in [0.3, 0.4) is 0 Å². The Kier molecular flexibility index (Phi) is 6.23. The lowest BCUT2D eigenvalue weighted by molar-refractivity contribution is 0.101. The molecule has 0 radical (unpaired) electrons. The number of hydrogen-bond donors (Lipinski definition) is 1. The van der Waals surface area contributed by atoms with Crippen LogP contribution in [0.5, 0.6) is 5.75 Å². The fourth-order valence-corrected chi connectivity index (χ4v) is 3.52. The van der Waals surface area contributed by atoms with Crippen molar-refractivity contribution in [3.63, 3.8) is 0 Å². The molecule has 1 aromatic heterocycles. The second-order valence-corrected chi connectivity index (χ2v) is 7.82. The predicted molar refractivity (Wildman–Crippen MR) is 127 cm³/mol. The summed E-state index contributed by atoms with van der Waals surface area (Å²) in [7, 11) is 0. The van der Waals surface area contributed by atoms with Gasteiger partial charge in [0.05, 0.1) is 12.3 Å². The number of amides is 1. The van der Waals surface area contributed by atoms with Gasteiger partial charge in [0.15, 0.2) is 5.82 Å². The Labute approximate surface area is 191 Å². The van der Waals surface area contributed by atoms with E-state index in [2.05, 4.69) is 15.4 Å². The summed E-state index contributed by atoms with van der Waals surface area (Å²) in [5, 5.41) is 7.99. The van der Waals surface area contributed by atoms with Crippen molar-refractivity contribution in [2.45, 2.75) is 20.8 Å². The first-order valence-corrected chi connectivity index (χ1v) is 10.7. The number of rotatable bonds is 6. The van der Waals surface area contributed by atoms with Gasteiger partial charge >= 0.3 is 0 Å². The first-order chi connectivity index (χ1) is 15.4. The number of ether oxygens (including phenoxy) is 1. The topological polar surface area (TPSA) is 69.0 Å². The van der Waals surface area contributed by atoms with Gasteiger partial charge in [-0.1, -0.05) is 35.9 Å². The van der Waals surface area contributed by atoms with Crippen molar-refractivity contribution in [2.24, 2.45) is 0 Å². The Morgan fingerprint density at radius 2 is 1.84 bits per heavy atom. The molecule has 0 unspecified atom stereocenters. The number of carbonyl (C=O) groups is 1. The molecule has 4 rings (SSSR count). The van der Waals surface area contributed by atoms with Crippen LogP contribution in [0.4, 0.5) is 5.69 Å². The molecule has 0 aliphatic rings. The van der Waals surface area contributed by atoms with E-state index in [0.717, 1.165) is 28.1 Å². The largest absolute Gasteiger partial charge is 0.494 e. The van der Waals surface area contributed by atoms with Crippen LogP contribution in [0.25, 0.3) is 17.1 Å². The van der Waals surface area contributed by atoms with E-state index in [-0.39, 0.29) is 5.82 Å². The van der Waals surface area contributed by atoms with Crippen LogP contribution in [0.1, 0.15) is 28.7 Å². The zero-order valence-corrected chi connectivity index (χ0v) is 18.8. The van der Waals surface area contributed by atoms with Crippen molar-refractivity contribution in [1.29, 1.82) is 0 Å². The highest BCUT2D eigenvalue weighted by Gasteiger charge is 2.20. The summed E-state index contributed by atoms with van der Waals surface area (Å²) < 4.78 is 7.14. The second-order valence-electron chi connectivity index (χ2n) is 7.38. The quantitative estimate of drug-likeness (QED) is 0.403. The molecule has 162 valence electrons. The summed E-state index contributed by atoms with van der Waals surface area (Å²) >= 11 is 6.21. The minimum absolute atomic E-state index is 0.0646. The highest BCUT2D eigenvalue weighted by molar-refractivity contribution is 6.30. The Hall–Kier alpha value is -3.64. The predicted octanol–water partition coefficient (Wildman–Crippen LogP) is 5.86. The van der Waals surface area contributed by atoms with Crippen LogP contribution in [0.15, 0.2) is 66.7 Å². The van der Waals surface area contributed by atoms with Crippen molar-refractivity contribution >= 4 is 23.2 Å². The van der Waals surface area contributed by atoms with E-state index < -0.39 is 5.91 Å². The lowest BCUT2D eigenvalue weighted by Crippen LogP contribution is -2.14. The van der Waals surface area contributed by atoms with Gasteiger partial charge in [0, 0.05) is 16.3 Å². The van der Waals surface area contributed by atoms with Gasteiger partial charge in [0.25, 0.3) is 5.91 Å². The zero-order valence-electron chi connectivity index (χ0n) is 18.1. The van der Waals surface area contributed by atoms with E-state index >= 15 is 0 Å². The molecule has 7 heteroatoms. The molecule has 1 heterocycles. The van der Waals surface area contributed by atoms with Crippen LogP contribution in [0, 0.1) is 13.8 Å². The number of nitrogens with zero attached hydrogens (tertiary/aromatic N) is 3. The highest BCUT2D eigenvalue weighted by atomic mass is 35.5. The SMILES string of the molecule is CCOc1ccc(NC(=O)c2nc(-c3cccc(Cl)c3)n(-c3cc(C)ccc3C)n2)cc1. The fourth-order valence-electron chi connectivity index (χ4n) is 3.33. The Balaban J connectivity index is 1.73. The van der Waals surface area contributed by atoms with Gasteiger partial charge in [-0.05, 0) is 74.4 Å². The van der Waals surface area contributed by atoms with Gasteiger partial charge in [0.2, 0.25) is 5.82 Å². The van der Waals surface area contributed by atoms with Crippen LogP contribution >= 0.6 is 11.6 Å². The molecule has 1 N–H and O–H groups in total. The van der Waals surface area contributed by atoms with Gasteiger partial charge in [0.1, 0.15) is 5.75 Å². The number of aromatic nitrogens is 3. The molecule has 0 fully saturated rings. The number of anilines is 1. The van der Waals surface area contributed by atoms with Gasteiger partial charge in [-0.25, -0.2) is 9.67 Å². The number of halogens is 1. The van der Waals surface area contributed by atoms with E-state index in [1.54, 1.807) is 41.1 Å². The van der Waals surface area contributed by atoms with Crippen molar-refractivity contribution < 1.29 is 9.53 Å². The summed E-state index contributed by atoms with van der Waals surface area (Å²) in [5.41, 5.74) is 4.35. The summed E-state index contributed by atoms with van der Waals surface area (Å²) in [6.07, 6.45) is 0. The van der Waals surface area contributed by atoms with Crippen LogP contribution in [-0.4, -0.2) is 27.3 Å². The number of aryl methyl sites for hydroxylation is 2. The second kappa shape index (κ2) is 9.24. The third-order valence-corrected chi connectivity index (χ3v) is 5.14. The van der Waals surface area contributed by atoms with E-state index in [1.165, 1.54) is 0 Å². The molecule has 6 nitrogen and oxygen atoms in total. The first kappa shape index (κ1) is 21.6. The smallest absolute Gasteiger partial charge is 0.295 e. The standard InChI is InChI=1S/C25H23ClN4O2/c1-4-32-21-12-10-20(11-13-21)27-25(31)23-28-24(18-6-5-7-19(26)15-18)30(29-23)22-14-16(2)8-9-17(22)3/h5-15H,4H2,1-3H3,(H,27,31). The number of nitrogens with one attached hydrogen (secondary N) is 1. The molecule has 3 aromatic carbocycles. The summed E-state index contributed by atoms with van der Waals surface area (Å²) in [6.45, 7) is 6.51. The number of hydrogen-bond acceptors (Lipinski definition) is 4. The Morgan fingerprint density at radius 1 is 1.06 bits per heavy atom. The maximum atomic E-state index is 13.0. The lowest BCUT2D eigenvalue weighted by atomic mass is 10.1. The maximum Gasteiger partial charge on any atom is 0.295 e. The first-order valence-electron chi connectivity index (χ1n) is 10.3. The highest BCUT2D eigenvalue weighted by Crippen LogP contribution is 2.26. The average Bonchev–Trinajstić information content (AvgIpc) is 3.22. The van der Waals surface area contributed by atoms with Crippen molar-refractivity contribution in [3.8, 4) is 22.8 Å². The summed E-state index contributed by atoms with van der Waals surface area (Å²) in [5.74, 6) is 0.945. The third-order valence-electron chi connectivity index (χ3n) is 4.91. The summed E-state index contributed by atoms with van der Waals surface area (Å²) in [4.78, 5) is 17.5. The molecule has 0 saturated heterocycles. The van der Waals surface area contributed by atoms with E-state index in [9.17, 15) is 4.79 Å². The molecule has 0 saturated carbocycles. The fraction of sp³-hybridized carbons (Fsp3) is 0.160. The lowest BCUT2D eigenvalue weighted by Gasteiger charge is -2.10. The number of carbonyl (C=O) groups excluding carboxylic acids is 1. The van der Waals surface area contributed by atoms with Crippen LogP contribution in [0.2, 0.25) is 5.02 Å². The van der Waals surface area contributed by atoms with Crippen molar-refractivity contribution in [1.82, 2.24) is 14.8 Å². The van der Waals surface area contributed by atoms with Crippen LogP contribution in [-0.2, 0) is 0 Å². The molecule has 4 aromatic rings. The average molecular weight is 447 g/mol. The molecule has 0 aliphatic heterocycles. The number of benzene rings is 3. The molecule has 0 atom stereocenters. The van der Waals surface area contributed by atoms with Crippen molar-refractivity contribution in [2.75, 3.05) is 11.9 Å². The minimum Gasteiger partial charge on any atom is -0.494 e. The van der Waals surface area contributed by atoms with E-state index in [0.29, 0.717) is 23.1 Å². The minimum atomic E-state index is -0.401. The maximum absolute atomic E-state index is 13.0. The molecule has 1 amide bonds. The van der Waals surface area contributed by atoms with E-state index in [1.807, 2.05) is 51.1 Å². The van der Waals surface area contributed by atoms with Gasteiger partial charge in [-0.3, -0.25) is 4.79 Å². The zero-order chi connectivity index (χ0) is 22.7. The molecule has 0 spiro atoms. The van der Waals surface area contributed by atoms with Gasteiger partial charge in [-0.15, -0.1) is 5.10 Å². The van der Waals surface area contributed by atoms with Crippen LogP contribution < -0.4 is 10.1 Å². The van der Waals surface area contributed by atoms with E-state index in [4.69, 9.17) is 16.3 Å². The molecule has 0 bridgehead atoms. The normalized spacial score (nSPS) is 10.8. The third kappa shape index (κ3) is 4.65. The van der Waals surface area contributed by atoms with Crippen molar-refractivity contribution in [3.05, 3.63) is 88.7 Å². The summed E-state index contributed by atoms with van der Waals surface area (Å²) in [6, 6.07) is 20.6. The van der Waals surface area contributed by atoms with Gasteiger partial charge in [-0.2, -0.15) is 0 Å². The molecular formula is C25H23ClN4O2. The Morgan fingerprint density at radius 3 is 2.56 bits per heavy atom. The molecular weight excluding hydrogens is 424 g/mol. The Bertz CT molecular complexity index is 1270. The monoisotopic (exact) mass is 446 g/mol.